The Morgan fingerprint density at radius 3 is 2.31 bits per heavy atom. The highest BCUT2D eigenvalue weighted by molar-refractivity contribution is 6.14. The first-order valence-corrected chi connectivity index (χ1v) is 12.0. The van der Waals surface area contributed by atoms with Gasteiger partial charge in [-0.15, -0.1) is 0 Å². The van der Waals surface area contributed by atoms with Crippen LogP contribution in [0, 0.1) is 0 Å². The molecule has 1 aromatic heterocycles. The SMILES string of the molecule is C=C1/C=C\C=C/Cc2ccc3c4ccccc4n(-c4ccccc4)c3c2N1c1ccc(CN)cc1. The maximum Gasteiger partial charge on any atom is 0.0785 e. The molecule has 0 amide bonds. The van der Waals surface area contributed by atoms with E-state index in [0.29, 0.717) is 6.54 Å². The van der Waals surface area contributed by atoms with Crippen LogP contribution in [-0.2, 0) is 13.0 Å². The number of allylic oxidation sites excluding steroid dienone is 4. The standard InChI is InChI=1S/C32H27N3/c1-23-10-4-2-5-11-25-18-21-29-28-14-8-9-15-30(28)35(26-12-6-3-7-13-26)32(29)31(25)34(23)27-19-16-24(22-33)17-20-27/h2-10,12-21H,1,11,22,33H2/b5-2-,10-4-. The van der Waals surface area contributed by atoms with E-state index in [1.54, 1.807) is 0 Å². The fraction of sp³-hybridized carbons (Fsp3) is 0.0625. The van der Waals surface area contributed by atoms with Crippen LogP contribution in [0.25, 0.3) is 27.5 Å². The first-order valence-electron chi connectivity index (χ1n) is 12.0. The zero-order chi connectivity index (χ0) is 23.8. The summed E-state index contributed by atoms with van der Waals surface area (Å²) in [6.07, 6.45) is 9.30. The second-order valence-electron chi connectivity index (χ2n) is 8.85. The van der Waals surface area contributed by atoms with E-state index in [0.717, 1.165) is 34.7 Å². The van der Waals surface area contributed by atoms with Crippen molar-refractivity contribution in [2.24, 2.45) is 5.73 Å². The maximum absolute atomic E-state index is 5.90. The summed E-state index contributed by atoms with van der Waals surface area (Å²) in [4.78, 5) is 2.29. The molecule has 0 bridgehead atoms. The van der Waals surface area contributed by atoms with Crippen LogP contribution in [0.2, 0.25) is 0 Å². The second kappa shape index (κ2) is 8.79. The van der Waals surface area contributed by atoms with Gasteiger partial charge in [0.2, 0.25) is 0 Å². The third kappa shape index (κ3) is 3.58. The quantitative estimate of drug-likeness (QED) is 0.306. The van der Waals surface area contributed by atoms with E-state index in [1.165, 1.54) is 27.4 Å². The molecule has 0 saturated carbocycles. The smallest absolute Gasteiger partial charge is 0.0785 e. The van der Waals surface area contributed by atoms with Crippen LogP contribution in [0.5, 0.6) is 0 Å². The third-order valence-corrected chi connectivity index (χ3v) is 6.72. The number of hydrogen-bond acceptors (Lipinski definition) is 2. The second-order valence-corrected chi connectivity index (χ2v) is 8.85. The van der Waals surface area contributed by atoms with Crippen LogP contribution in [0.15, 0.2) is 128 Å². The largest absolute Gasteiger partial charge is 0.326 e. The van der Waals surface area contributed by atoms with Gasteiger partial charge in [-0.3, -0.25) is 0 Å². The van der Waals surface area contributed by atoms with Gasteiger partial charge in [-0.05, 0) is 54.0 Å². The average Bonchev–Trinajstić information content (AvgIpc) is 3.27. The minimum Gasteiger partial charge on any atom is -0.326 e. The maximum atomic E-state index is 5.90. The molecule has 35 heavy (non-hydrogen) atoms. The van der Waals surface area contributed by atoms with Gasteiger partial charge in [-0.1, -0.05) is 85.5 Å². The van der Waals surface area contributed by atoms with Crippen molar-refractivity contribution in [2.75, 3.05) is 4.90 Å². The number of nitrogens with zero attached hydrogens (tertiary/aromatic N) is 2. The molecule has 2 heterocycles. The number of para-hydroxylation sites is 2. The Hall–Kier alpha value is -4.34. The normalized spacial score (nSPS) is 15.5. The van der Waals surface area contributed by atoms with Crippen LogP contribution in [0.3, 0.4) is 0 Å². The number of rotatable bonds is 3. The van der Waals surface area contributed by atoms with Crippen molar-refractivity contribution in [3.8, 4) is 5.69 Å². The average molecular weight is 454 g/mol. The van der Waals surface area contributed by atoms with Gasteiger partial charge in [0, 0.05) is 34.4 Å². The molecule has 0 radical (unpaired) electrons. The van der Waals surface area contributed by atoms with Crippen molar-refractivity contribution in [1.82, 2.24) is 4.57 Å². The van der Waals surface area contributed by atoms with E-state index < -0.39 is 0 Å². The van der Waals surface area contributed by atoms with Crippen LogP contribution < -0.4 is 10.6 Å². The van der Waals surface area contributed by atoms with Gasteiger partial charge in [0.25, 0.3) is 0 Å². The van der Waals surface area contributed by atoms with Crippen LogP contribution >= 0.6 is 0 Å². The number of hydrogen-bond donors (Lipinski definition) is 1. The van der Waals surface area contributed by atoms with E-state index >= 15 is 0 Å². The summed E-state index contributed by atoms with van der Waals surface area (Å²) in [5.74, 6) is 0. The first kappa shape index (κ1) is 21.2. The van der Waals surface area contributed by atoms with Gasteiger partial charge < -0.3 is 15.2 Å². The van der Waals surface area contributed by atoms with Crippen molar-refractivity contribution >= 4 is 33.2 Å². The van der Waals surface area contributed by atoms with E-state index in [-0.39, 0.29) is 0 Å². The van der Waals surface area contributed by atoms with Gasteiger partial charge in [0.1, 0.15) is 0 Å². The summed E-state index contributed by atoms with van der Waals surface area (Å²) in [5, 5.41) is 2.47. The number of aromatic nitrogens is 1. The van der Waals surface area contributed by atoms with Crippen molar-refractivity contribution in [1.29, 1.82) is 0 Å². The minimum atomic E-state index is 0.522. The highest BCUT2D eigenvalue weighted by Gasteiger charge is 2.24. The minimum absolute atomic E-state index is 0.522. The summed E-state index contributed by atoms with van der Waals surface area (Å²) < 4.78 is 2.39. The fourth-order valence-electron chi connectivity index (χ4n) is 5.08. The predicted octanol–water partition coefficient (Wildman–Crippen LogP) is 7.56. The lowest BCUT2D eigenvalue weighted by molar-refractivity contribution is 1.07. The van der Waals surface area contributed by atoms with E-state index in [4.69, 9.17) is 5.73 Å². The van der Waals surface area contributed by atoms with Gasteiger partial charge in [-0.2, -0.15) is 0 Å². The molecule has 4 aromatic carbocycles. The summed E-state index contributed by atoms with van der Waals surface area (Å²) >= 11 is 0. The number of anilines is 2. The zero-order valence-corrected chi connectivity index (χ0v) is 19.6. The van der Waals surface area contributed by atoms with Crippen LogP contribution in [0.1, 0.15) is 11.1 Å². The lowest BCUT2D eigenvalue weighted by Gasteiger charge is -2.29. The highest BCUT2D eigenvalue weighted by atomic mass is 15.2. The van der Waals surface area contributed by atoms with Crippen LogP contribution in [-0.4, -0.2) is 4.57 Å². The Morgan fingerprint density at radius 1 is 0.743 bits per heavy atom. The topological polar surface area (TPSA) is 34.2 Å². The summed E-state index contributed by atoms with van der Waals surface area (Å²) in [7, 11) is 0. The van der Waals surface area contributed by atoms with Gasteiger partial charge >= 0.3 is 0 Å². The molecule has 6 rings (SSSR count). The molecule has 1 aliphatic heterocycles. The highest BCUT2D eigenvalue weighted by Crippen LogP contribution is 2.44. The zero-order valence-electron chi connectivity index (χ0n) is 19.6. The monoisotopic (exact) mass is 453 g/mol. The molecule has 0 atom stereocenters. The molecule has 0 aliphatic carbocycles. The molecular formula is C32H27N3. The first-order chi connectivity index (χ1) is 17.3. The van der Waals surface area contributed by atoms with Crippen molar-refractivity contribution in [3.63, 3.8) is 0 Å². The lowest BCUT2D eigenvalue weighted by Crippen LogP contribution is -2.17. The number of fused-ring (bicyclic) bond motifs is 5. The third-order valence-electron chi connectivity index (χ3n) is 6.72. The van der Waals surface area contributed by atoms with Gasteiger partial charge in [-0.25, -0.2) is 0 Å². The Kier molecular flexibility index (Phi) is 5.32. The lowest BCUT2D eigenvalue weighted by atomic mass is 10.0. The molecule has 170 valence electrons. The van der Waals surface area contributed by atoms with Crippen molar-refractivity contribution in [3.05, 3.63) is 139 Å². The number of nitrogens with two attached hydrogens (primary N) is 1. The van der Waals surface area contributed by atoms with E-state index in [2.05, 4.69) is 131 Å². The van der Waals surface area contributed by atoms with E-state index in [1.807, 2.05) is 0 Å². The Morgan fingerprint density at radius 2 is 1.51 bits per heavy atom. The Labute approximate surface area is 205 Å². The summed E-state index contributed by atoms with van der Waals surface area (Å²) in [6, 6.07) is 32.3. The molecule has 3 nitrogen and oxygen atoms in total. The molecule has 0 saturated heterocycles. The summed E-state index contributed by atoms with van der Waals surface area (Å²) in [5.41, 5.74) is 14.9. The Balaban J connectivity index is 1.76. The fourth-order valence-corrected chi connectivity index (χ4v) is 5.08. The summed E-state index contributed by atoms with van der Waals surface area (Å²) in [6.45, 7) is 5.01. The Bertz CT molecular complexity index is 1600. The number of benzene rings is 4. The molecule has 3 heteroatoms. The molecule has 2 N–H and O–H groups in total. The van der Waals surface area contributed by atoms with Gasteiger partial charge in [0.15, 0.2) is 0 Å². The van der Waals surface area contributed by atoms with E-state index in [9.17, 15) is 0 Å². The van der Waals surface area contributed by atoms with Gasteiger partial charge in [0.05, 0.1) is 16.7 Å². The van der Waals surface area contributed by atoms with Crippen molar-refractivity contribution < 1.29 is 0 Å². The molecule has 0 spiro atoms. The molecule has 5 aromatic rings. The molecule has 1 aliphatic rings. The molecular weight excluding hydrogens is 426 g/mol. The molecule has 0 unspecified atom stereocenters. The van der Waals surface area contributed by atoms with Crippen molar-refractivity contribution in [2.45, 2.75) is 13.0 Å². The predicted molar refractivity (Wildman–Crippen MR) is 148 cm³/mol. The van der Waals surface area contributed by atoms with Crippen LogP contribution in [0.4, 0.5) is 11.4 Å². The molecule has 0 fully saturated rings.